The zero-order chi connectivity index (χ0) is 14.2. The number of aliphatic hydroxyl groups excluding tert-OH is 1. The Morgan fingerprint density at radius 2 is 2.40 bits per heavy atom. The van der Waals surface area contributed by atoms with Crippen LogP contribution in [-0.2, 0) is 11.3 Å². The van der Waals surface area contributed by atoms with E-state index in [1.165, 1.54) is 0 Å². The number of thioether (sulfide) groups is 1. The molecule has 1 aromatic rings. The van der Waals surface area contributed by atoms with Gasteiger partial charge in [0, 0.05) is 18.5 Å². The minimum Gasteiger partial charge on any atom is -0.395 e. The summed E-state index contributed by atoms with van der Waals surface area (Å²) in [5.74, 6) is 7.13. The molecule has 2 N–H and O–H groups in total. The lowest BCUT2D eigenvalue weighted by atomic mass is 10.1. The Labute approximate surface area is 124 Å². The fourth-order valence-corrected chi connectivity index (χ4v) is 3.25. The van der Waals surface area contributed by atoms with Crippen molar-refractivity contribution in [3.05, 3.63) is 35.4 Å². The molecule has 3 nitrogen and oxygen atoms in total. The highest BCUT2D eigenvalue weighted by molar-refractivity contribution is 8.00. The maximum atomic E-state index is 11.9. The normalized spacial score (nSPS) is 17.4. The predicted octanol–water partition coefficient (Wildman–Crippen LogP) is 1.93. The molecule has 1 fully saturated rings. The van der Waals surface area contributed by atoms with E-state index in [1.807, 2.05) is 24.3 Å². The van der Waals surface area contributed by atoms with Crippen LogP contribution in [0.15, 0.2) is 24.3 Å². The third kappa shape index (κ3) is 4.59. The summed E-state index contributed by atoms with van der Waals surface area (Å²) >= 11 is 1.74. The second-order valence-electron chi connectivity index (χ2n) is 4.70. The quantitative estimate of drug-likeness (QED) is 0.833. The fourth-order valence-electron chi connectivity index (χ4n) is 2.07. The van der Waals surface area contributed by atoms with Gasteiger partial charge in [0.25, 0.3) is 0 Å². The first kappa shape index (κ1) is 15.0. The van der Waals surface area contributed by atoms with Gasteiger partial charge < -0.3 is 10.4 Å². The standard InChI is InChI=1S/C16H19NO2S/c18-9-2-1-5-13-6-3-7-14(11-13)12-17-16(19)15-8-4-10-20-15/h3,6-7,11,15,18H,2,4,8-10,12H2,(H,17,19). The van der Waals surface area contributed by atoms with Crippen molar-refractivity contribution in [2.45, 2.75) is 31.1 Å². The maximum absolute atomic E-state index is 11.9. The molecule has 106 valence electrons. The number of nitrogens with one attached hydrogen (secondary N) is 1. The van der Waals surface area contributed by atoms with Crippen molar-refractivity contribution in [1.82, 2.24) is 5.32 Å². The Morgan fingerprint density at radius 1 is 1.50 bits per heavy atom. The van der Waals surface area contributed by atoms with Crippen molar-refractivity contribution in [2.75, 3.05) is 12.4 Å². The Morgan fingerprint density at radius 3 is 3.15 bits per heavy atom. The van der Waals surface area contributed by atoms with Gasteiger partial charge in [-0.05, 0) is 36.3 Å². The summed E-state index contributed by atoms with van der Waals surface area (Å²) in [5, 5.41) is 11.8. The average Bonchev–Trinajstić information content (AvgIpc) is 3.00. The Kier molecular flexibility index (Phi) is 5.97. The third-order valence-corrected chi connectivity index (χ3v) is 4.46. The number of hydrogen-bond acceptors (Lipinski definition) is 3. The van der Waals surface area contributed by atoms with E-state index in [1.54, 1.807) is 11.8 Å². The summed E-state index contributed by atoms with van der Waals surface area (Å²) in [6.07, 6.45) is 2.61. The molecule has 0 aromatic heterocycles. The van der Waals surface area contributed by atoms with Crippen molar-refractivity contribution >= 4 is 17.7 Å². The third-order valence-electron chi connectivity index (χ3n) is 3.09. The summed E-state index contributed by atoms with van der Waals surface area (Å²) in [6, 6.07) is 7.84. The molecule has 0 aliphatic carbocycles. The van der Waals surface area contributed by atoms with E-state index in [0.717, 1.165) is 29.7 Å². The Bertz CT molecular complexity index is 513. The van der Waals surface area contributed by atoms with Gasteiger partial charge in [0.1, 0.15) is 0 Å². The van der Waals surface area contributed by atoms with Crippen molar-refractivity contribution in [2.24, 2.45) is 0 Å². The monoisotopic (exact) mass is 289 g/mol. The van der Waals surface area contributed by atoms with E-state index >= 15 is 0 Å². The average molecular weight is 289 g/mol. The molecular weight excluding hydrogens is 270 g/mol. The summed E-state index contributed by atoms with van der Waals surface area (Å²) in [7, 11) is 0. The summed E-state index contributed by atoms with van der Waals surface area (Å²) < 4.78 is 0. The van der Waals surface area contributed by atoms with Crippen LogP contribution in [0.3, 0.4) is 0 Å². The molecule has 1 heterocycles. The molecule has 2 rings (SSSR count). The number of amides is 1. The molecule has 20 heavy (non-hydrogen) atoms. The lowest BCUT2D eigenvalue weighted by Crippen LogP contribution is -2.30. The van der Waals surface area contributed by atoms with Crippen LogP contribution in [0.5, 0.6) is 0 Å². The molecule has 1 saturated heterocycles. The highest BCUT2D eigenvalue weighted by Crippen LogP contribution is 2.26. The van der Waals surface area contributed by atoms with E-state index in [4.69, 9.17) is 5.11 Å². The van der Waals surface area contributed by atoms with Gasteiger partial charge in [-0.3, -0.25) is 4.79 Å². The second kappa shape index (κ2) is 7.98. The first-order valence-electron chi connectivity index (χ1n) is 6.87. The summed E-state index contributed by atoms with van der Waals surface area (Å²) in [4.78, 5) is 11.9. The van der Waals surface area contributed by atoms with Crippen molar-refractivity contribution in [1.29, 1.82) is 0 Å². The SMILES string of the molecule is O=C(NCc1cccc(C#CCCO)c1)C1CCCS1. The number of rotatable bonds is 4. The molecule has 0 bridgehead atoms. The van der Waals surface area contributed by atoms with Crippen LogP contribution in [0.1, 0.15) is 30.4 Å². The van der Waals surface area contributed by atoms with Crippen LogP contribution < -0.4 is 5.32 Å². The Balaban J connectivity index is 1.88. The zero-order valence-corrected chi connectivity index (χ0v) is 12.2. The number of benzene rings is 1. The first-order chi connectivity index (χ1) is 9.79. The number of hydrogen-bond donors (Lipinski definition) is 2. The van der Waals surface area contributed by atoms with Gasteiger partial charge in [-0.1, -0.05) is 24.0 Å². The fraction of sp³-hybridized carbons (Fsp3) is 0.438. The number of carbonyl (C=O) groups excluding carboxylic acids is 1. The summed E-state index contributed by atoms with van der Waals surface area (Å²) in [6.45, 7) is 0.632. The highest BCUT2D eigenvalue weighted by Gasteiger charge is 2.22. The van der Waals surface area contributed by atoms with E-state index < -0.39 is 0 Å². The molecule has 4 heteroatoms. The van der Waals surface area contributed by atoms with Crippen LogP contribution in [-0.4, -0.2) is 28.6 Å². The minimum atomic E-state index is 0.0851. The molecule has 1 aromatic carbocycles. The number of carbonyl (C=O) groups is 1. The molecule has 0 radical (unpaired) electrons. The second-order valence-corrected chi connectivity index (χ2v) is 6.01. The van der Waals surface area contributed by atoms with E-state index in [-0.39, 0.29) is 17.8 Å². The molecule has 1 aliphatic rings. The lowest BCUT2D eigenvalue weighted by molar-refractivity contribution is -0.120. The van der Waals surface area contributed by atoms with Gasteiger partial charge >= 0.3 is 0 Å². The molecule has 0 saturated carbocycles. The van der Waals surface area contributed by atoms with Crippen LogP contribution in [0.4, 0.5) is 0 Å². The van der Waals surface area contributed by atoms with Crippen molar-refractivity contribution < 1.29 is 9.90 Å². The van der Waals surface area contributed by atoms with Crippen LogP contribution in [0.2, 0.25) is 0 Å². The van der Waals surface area contributed by atoms with Gasteiger partial charge in [0.15, 0.2) is 0 Å². The first-order valence-corrected chi connectivity index (χ1v) is 7.92. The molecule has 1 unspecified atom stereocenters. The smallest absolute Gasteiger partial charge is 0.233 e. The topological polar surface area (TPSA) is 49.3 Å². The summed E-state index contributed by atoms with van der Waals surface area (Å²) in [5.41, 5.74) is 1.97. The van der Waals surface area contributed by atoms with Gasteiger partial charge in [-0.15, -0.1) is 11.8 Å². The van der Waals surface area contributed by atoms with E-state index in [9.17, 15) is 4.79 Å². The van der Waals surface area contributed by atoms with Crippen molar-refractivity contribution in [3.63, 3.8) is 0 Å². The lowest BCUT2D eigenvalue weighted by Gasteiger charge is -2.10. The largest absolute Gasteiger partial charge is 0.395 e. The minimum absolute atomic E-state index is 0.0851. The molecule has 1 atom stereocenters. The van der Waals surface area contributed by atoms with E-state index in [2.05, 4.69) is 17.2 Å². The van der Waals surface area contributed by atoms with Crippen LogP contribution in [0, 0.1) is 11.8 Å². The Hall–Kier alpha value is -1.44. The predicted molar refractivity (Wildman–Crippen MR) is 82.3 cm³/mol. The molecule has 1 aliphatic heterocycles. The molecule has 1 amide bonds. The van der Waals surface area contributed by atoms with Crippen molar-refractivity contribution in [3.8, 4) is 11.8 Å². The van der Waals surface area contributed by atoms with Gasteiger partial charge in [0.05, 0.1) is 11.9 Å². The van der Waals surface area contributed by atoms with Gasteiger partial charge in [0.2, 0.25) is 5.91 Å². The van der Waals surface area contributed by atoms with Gasteiger partial charge in [-0.25, -0.2) is 0 Å². The molecule has 0 spiro atoms. The maximum Gasteiger partial charge on any atom is 0.233 e. The zero-order valence-electron chi connectivity index (χ0n) is 11.4. The number of aliphatic hydroxyl groups is 1. The molecular formula is C16H19NO2S. The highest BCUT2D eigenvalue weighted by atomic mass is 32.2. The van der Waals surface area contributed by atoms with Gasteiger partial charge in [-0.2, -0.15) is 0 Å². The van der Waals surface area contributed by atoms with Crippen LogP contribution >= 0.6 is 11.8 Å². The van der Waals surface area contributed by atoms with E-state index in [0.29, 0.717) is 13.0 Å². The van der Waals surface area contributed by atoms with Crippen LogP contribution in [0.25, 0.3) is 0 Å².